The minimum absolute atomic E-state index is 0.224. The lowest BCUT2D eigenvalue weighted by atomic mass is 9.97. The molecule has 1 aliphatic carbocycles. The van der Waals surface area contributed by atoms with Crippen LogP contribution in [0.5, 0.6) is 5.75 Å². The van der Waals surface area contributed by atoms with Crippen LogP contribution >= 0.6 is 34.8 Å². The van der Waals surface area contributed by atoms with Crippen LogP contribution < -0.4 is 10.3 Å². The Morgan fingerprint density at radius 2 is 1.47 bits per heavy atom. The van der Waals surface area contributed by atoms with E-state index in [1.165, 1.54) is 44.6 Å². The van der Waals surface area contributed by atoms with E-state index >= 15 is 0 Å². The summed E-state index contributed by atoms with van der Waals surface area (Å²) in [5.41, 5.74) is 2.66. The van der Waals surface area contributed by atoms with Crippen molar-refractivity contribution in [3.63, 3.8) is 0 Å². The summed E-state index contributed by atoms with van der Waals surface area (Å²) in [6.07, 6.45) is 8.87. The van der Waals surface area contributed by atoms with E-state index in [-0.39, 0.29) is 5.56 Å². The van der Waals surface area contributed by atoms with Crippen molar-refractivity contribution in [2.24, 2.45) is 5.92 Å². The van der Waals surface area contributed by atoms with Crippen LogP contribution in [-0.2, 0) is 0 Å². The van der Waals surface area contributed by atoms with Crippen LogP contribution in [-0.4, -0.2) is 11.2 Å². The van der Waals surface area contributed by atoms with Crippen LogP contribution in [0.25, 0.3) is 27.7 Å². The highest BCUT2D eigenvalue weighted by Gasteiger charge is 2.18. The van der Waals surface area contributed by atoms with Crippen LogP contribution in [0, 0.1) is 5.92 Å². The van der Waals surface area contributed by atoms with Crippen molar-refractivity contribution in [2.75, 3.05) is 6.61 Å². The van der Waals surface area contributed by atoms with E-state index < -0.39 is 0 Å². The van der Waals surface area contributed by atoms with Crippen molar-refractivity contribution in [3.05, 3.63) is 92.2 Å². The molecule has 3 nitrogen and oxygen atoms in total. The molecule has 0 amide bonds. The highest BCUT2D eigenvalue weighted by Crippen LogP contribution is 2.38. The number of nitrogens with zero attached hydrogens (tertiary/aromatic N) is 1. The van der Waals surface area contributed by atoms with E-state index in [0.717, 1.165) is 22.9 Å². The van der Waals surface area contributed by atoms with E-state index in [2.05, 4.69) is 0 Å². The highest BCUT2D eigenvalue weighted by molar-refractivity contribution is 6.38. The number of halogens is 3. The van der Waals surface area contributed by atoms with E-state index in [9.17, 15) is 4.79 Å². The Kier molecular flexibility index (Phi) is 7.90. The van der Waals surface area contributed by atoms with Gasteiger partial charge in [0.15, 0.2) is 0 Å². The van der Waals surface area contributed by atoms with Gasteiger partial charge < -0.3 is 4.74 Å². The third kappa shape index (κ3) is 5.29. The van der Waals surface area contributed by atoms with E-state index in [1.807, 2.05) is 42.5 Å². The number of benzene rings is 3. The fourth-order valence-electron chi connectivity index (χ4n) is 5.24. The molecule has 0 saturated heterocycles. The maximum absolute atomic E-state index is 13.2. The molecule has 6 heteroatoms. The Morgan fingerprint density at radius 3 is 2.19 bits per heavy atom. The Balaban J connectivity index is 1.63. The number of pyridine rings is 1. The van der Waals surface area contributed by atoms with Gasteiger partial charge in [-0.1, -0.05) is 97.6 Å². The van der Waals surface area contributed by atoms with Gasteiger partial charge in [0.1, 0.15) is 5.75 Å². The third-order valence-corrected chi connectivity index (χ3v) is 8.02. The minimum Gasteiger partial charge on any atom is -0.493 e. The number of fused-ring (bicyclic) bond motifs is 1. The molecular weight excluding hydrogens is 513 g/mol. The molecule has 186 valence electrons. The zero-order valence-electron chi connectivity index (χ0n) is 20.0. The maximum atomic E-state index is 13.2. The first-order chi connectivity index (χ1) is 17.5. The van der Waals surface area contributed by atoms with Gasteiger partial charge in [-0.05, 0) is 48.2 Å². The smallest absolute Gasteiger partial charge is 0.255 e. The molecule has 5 rings (SSSR count). The van der Waals surface area contributed by atoms with Gasteiger partial charge in [0.2, 0.25) is 0 Å². The Labute approximate surface area is 226 Å². The van der Waals surface area contributed by atoms with Gasteiger partial charge in [0, 0.05) is 28.1 Å². The van der Waals surface area contributed by atoms with Gasteiger partial charge in [0.25, 0.3) is 5.56 Å². The summed E-state index contributed by atoms with van der Waals surface area (Å²) < 4.78 is 7.89. The molecule has 1 aliphatic rings. The molecule has 3 aromatic carbocycles. The number of para-hydroxylation sites is 1. The predicted octanol–water partition coefficient (Wildman–Crippen LogP) is 9.36. The molecule has 1 aromatic heterocycles. The quantitative estimate of drug-likeness (QED) is 0.228. The second kappa shape index (κ2) is 11.3. The summed E-state index contributed by atoms with van der Waals surface area (Å²) in [6.45, 7) is 0.627. The first-order valence-electron chi connectivity index (χ1n) is 12.5. The number of rotatable bonds is 6. The average Bonchev–Trinajstić information content (AvgIpc) is 3.14. The molecule has 4 aromatic rings. The minimum atomic E-state index is -0.224. The summed E-state index contributed by atoms with van der Waals surface area (Å²) in [4.78, 5) is 13.2. The van der Waals surface area contributed by atoms with Crippen LogP contribution in [0.4, 0.5) is 0 Å². The lowest BCUT2D eigenvalue weighted by molar-refractivity contribution is 0.267. The summed E-state index contributed by atoms with van der Waals surface area (Å²) in [5.74, 6) is 1.39. The molecule has 36 heavy (non-hydrogen) atoms. The van der Waals surface area contributed by atoms with Crippen molar-refractivity contribution in [3.8, 4) is 22.6 Å². The van der Waals surface area contributed by atoms with E-state index in [1.54, 1.807) is 22.8 Å². The summed E-state index contributed by atoms with van der Waals surface area (Å²) in [6, 6.07) is 20.2. The van der Waals surface area contributed by atoms with Crippen molar-refractivity contribution in [1.82, 2.24) is 4.57 Å². The SMILES string of the molecule is O=c1ccc2c(-c3ccccc3Cl)cc(OCCC3CCCCCC3)cc2n1-c1c(Cl)cccc1Cl. The average molecular weight is 541 g/mol. The van der Waals surface area contributed by atoms with Gasteiger partial charge in [-0.15, -0.1) is 0 Å². The molecule has 0 atom stereocenters. The van der Waals surface area contributed by atoms with Crippen molar-refractivity contribution in [2.45, 2.75) is 44.9 Å². The second-order valence-electron chi connectivity index (χ2n) is 9.46. The number of hydrogen-bond donors (Lipinski definition) is 0. The largest absolute Gasteiger partial charge is 0.493 e. The molecule has 0 radical (unpaired) electrons. The van der Waals surface area contributed by atoms with E-state index in [0.29, 0.717) is 44.5 Å². The molecule has 0 bridgehead atoms. The molecule has 1 fully saturated rings. The standard InChI is InChI=1S/C30H28Cl3NO2/c31-25-11-6-5-10-22(25)24-18-21(36-17-16-20-8-3-1-2-4-9-20)19-28-23(24)14-15-29(35)34(28)30-26(32)12-7-13-27(30)33/h5-7,10-15,18-20H,1-4,8-9,16-17H2. The van der Waals surface area contributed by atoms with Gasteiger partial charge >= 0.3 is 0 Å². The monoisotopic (exact) mass is 539 g/mol. The van der Waals surface area contributed by atoms with Crippen molar-refractivity contribution < 1.29 is 4.74 Å². The fraction of sp³-hybridized carbons (Fsp3) is 0.300. The summed E-state index contributed by atoms with van der Waals surface area (Å²) in [7, 11) is 0. The number of ether oxygens (including phenoxy) is 1. The van der Waals surface area contributed by atoms with Crippen molar-refractivity contribution >= 4 is 45.7 Å². The molecule has 0 aliphatic heterocycles. The summed E-state index contributed by atoms with van der Waals surface area (Å²) >= 11 is 19.7. The normalized spacial score (nSPS) is 14.6. The Hall–Kier alpha value is -2.46. The van der Waals surface area contributed by atoms with Crippen LogP contribution in [0.15, 0.2) is 71.5 Å². The van der Waals surface area contributed by atoms with Crippen LogP contribution in [0.1, 0.15) is 44.9 Å². The molecule has 1 saturated carbocycles. The summed E-state index contributed by atoms with van der Waals surface area (Å²) in [5, 5.41) is 2.28. The van der Waals surface area contributed by atoms with Crippen molar-refractivity contribution in [1.29, 1.82) is 0 Å². The molecular formula is C30H28Cl3NO2. The first kappa shape index (κ1) is 25.2. The molecule has 0 unspecified atom stereocenters. The Morgan fingerprint density at radius 1 is 0.778 bits per heavy atom. The van der Waals surface area contributed by atoms with Crippen LogP contribution in [0.3, 0.4) is 0 Å². The Bertz CT molecular complexity index is 1420. The van der Waals surface area contributed by atoms with Gasteiger partial charge in [0.05, 0.1) is 27.9 Å². The molecule has 0 spiro atoms. The van der Waals surface area contributed by atoms with Gasteiger partial charge in [-0.25, -0.2) is 0 Å². The zero-order chi connectivity index (χ0) is 25.1. The van der Waals surface area contributed by atoms with E-state index in [4.69, 9.17) is 39.5 Å². The maximum Gasteiger partial charge on any atom is 0.255 e. The third-order valence-electron chi connectivity index (χ3n) is 7.08. The molecule has 0 N–H and O–H groups in total. The predicted molar refractivity (Wildman–Crippen MR) is 151 cm³/mol. The first-order valence-corrected chi connectivity index (χ1v) is 13.7. The fourth-order valence-corrected chi connectivity index (χ4v) is 6.04. The lowest BCUT2D eigenvalue weighted by Crippen LogP contribution is -2.18. The second-order valence-corrected chi connectivity index (χ2v) is 10.7. The van der Waals surface area contributed by atoms with Gasteiger partial charge in [-0.3, -0.25) is 9.36 Å². The topological polar surface area (TPSA) is 31.2 Å². The van der Waals surface area contributed by atoms with Crippen LogP contribution in [0.2, 0.25) is 15.1 Å². The number of aromatic nitrogens is 1. The highest BCUT2D eigenvalue weighted by atomic mass is 35.5. The lowest BCUT2D eigenvalue weighted by Gasteiger charge is -2.19. The van der Waals surface area contributed by atoms with Gasteiger partial charge in [-0.2, -0.15) is 0 Å². The zero-order valence-corrected chi connectivity index (χ0v) is 22.3. The number of hydrogen-bond acceptors (Lipinski definition) is 2. The molecule has 1 heterocycles.